The van der Waals surface area contributed by atoms with E-state index in [4.69, 9.17) is 4.74 Å². The lowest BCUT2D eigenvalue weighted by molar-refractivity contribution is 0.102. The lowest BCUT2D eigenvalue weighted by Crippen LogP contribution is -2.29. The summed E-state index contributed by atoms with van der Waals surface area (Å²) < 4.78 is 7.52. The number of nitrogens with zero attached hydrogens (tertiary/aromatic N) is 2. The first-order valence-corrected chi connectivity index (χ1v) is 10.3. The Balaban J connectivity index is 1.53. The van der Waals surface area contributed by atoms with E-state index in [9.17, 15) is 9.59 Å². The highest BCUT2D eigenvalue weighted by atomic mass is 16.5. The minimum absolute atomic E-state index is 0.0123. The number of ether oxygens (including phenoxy) is 1. The number of fused-ring (bicyclic) bond motifs is 1. The average molecular weight is 381 g/mol. The molecule has 6 heteroatoms. The van der Waals surface area contributed by atoms with Crippen LogP contribution in [0.3, 0.4) is 0 Å². The van der Waals surface area contributed by atoms with Crippen molar-refractivity contribution in [3.8, 4) is 5.88 Å². The van der Waals surface area contributed by atoms with Crippen LogP contribution in [0.25, 0.3) is 0 Å². The van der Waals surface area contributed by atoms with Crippen LogP contribution in [-0.4, -0.2) is 21.6 Å². The summed E-state index contributed by atoms with van der Waals surface area (Å²) in [6, 6.07) is 3.54. The lowest BCUT2D eigenvalue weighted by Gasteiger charge is -2.22. The Morgan fingerprint density at radius 1 is 1.14 bits per heavy atom. The van der Waals surface area contributed by atoms with Crippen LogP contribution in [-0.2, 0) is 19.9 Å². The van der Waals surface area contributed by atoms with Crippen molar-refractivity contribution in [1.29, 1.82) is 0 Å². The predicted octanol–water partition coefficient (Wildman–Crippen LogP) is 3.62. The first-order valence-electron chi connectivity index (χ1n) is 10.3. The van der Waals surface area contributed by atoms with E-state index in [-0.39, 0.29) is 17.6 Å². The molecular formula is C22H27N3O3. The molecule has 6 nitrogen and oxygen atoms in total. The minimum atomic E-state index is -0.191. The standard InChI is InChI=1S/C22H27N3O3/c1-25-14-19(17-9-5-6-10-18(17)22(25)27)21(26)24-15-11-12-23-20(13-15)28-16-7-3-2-4-8-16/h11-14,16H,2-10H2,1H3,(H,23,24,26). The second-order valence-corrected chi connectivity index (χ2v) is 7.84. The zero-order chi connectivity index (χ0) is 19.5. The number of hydrogen-bond donors (Lipinski definition) is 1. The van der Waals surface area contributed by atoms with Crippen LogP contribution in [0.1, 0.15) is 66.4 Å². The van der Waals surface area contributed by atoms with Gasteiger partial charge in [-0.1, -0.05) is 6.42 Å². The van der Waals surface area contributed by atoms with E-state index in [1.165, 1.54) is 23.8 Å². The molecule has 0 aromatic carbocycles. The number of aromatic nitrogens is 2. The van der Waals surface area contributed by atoms with E-state index >= 15 is 0 Å². The van der Waals surface area contributed by atoms with Crippen LogP contribution in [0.15, 0.2) is 29.3 Å². The molecule has 148 valence electrons. The van der Waals surface area contributed by atoms with Crippen LogP contribution >= 0.6 is 0 Å². The summed E-state index contributed by atoms with van der Waals surface area (Å²) in [6.45, 7) is 0. The molecule has 2 heterocycles. The van der Waals surface area contributed by atoms with Gasteiger partial charge in [-0.05, 0) is 63.0 Å². The summed E-state index contributed by atoms with van der Waals surface area (Å²) in [5.74, 6) is 0.357. The van der Waals surface area contributed by atoms with Gasteiger partial charge in [0, 0.05) is 36.8 Å². The molecule has 0 atom stereocenters. The second-order valence-electron chi connectivity index (χ2n) is 7.84. The van der Waals surface area contributed by atoms with E-state index in [2.05, 4.69) is 10.3 Å². The van der Waals surface area contributed by atoms with Gasteiger partial charge < -0.3 is 14.6 Å². The quantitative estimate of drug-likeness (QED) is 0.878. The van der Waals surface area contributed by atoms with Crippen LogP contribution < -0.4 is 15.6 Å². The Bertz CT molecular complexity index is 929. The number of rotatable bonds is 4. The monoisotopic (exact) mass is 381 g/mol. The smallest absolute Gasteiger partial charge is 0.257 e. The van der Waals surface area contributed by atoms with Crippen molar-refractivity contribution in [1.82, 2.24) is 9.55 Å². The average Bonchev–Trinajstić information content (AvgIpc) is 2.72. The number of amides is 1. The van der Waals surface area contributed by atoms with Crippen LogP contribution in [0.4, 0.5) is 5.69 Å². The van der Waals surface area contributed by atoms with Crippen molar-refractivity contribution < 1.29 is 9.53 Å². The molecule has 4 rings (SSSR count). The molecule has 1 fully saturated rings. The Morgan fingerprint density at radius 3 is 2.68 bits per heavy atom. The van der Waals surface area contributed by atoms with Crippen LogP contribution in [0.5, 0.6) is 5.88 Å². The zero-order valence-electron chi connectivity index (χ0n) is 16.4. The lowest BCUT2D eigenvalue weighted by atomic mass is 9.89. The third-order valence-corrected chi connectivity index (χ3v) is 5.77. The molecule has 2 aliphatic rings. The largest absolute Gasteiger partial charge is 0.474 e. The first kappa shape index (κ1) is 18.7. The Labute approximate surface area is 164 Å². The van der Waals surface area contributed by atoms with Crippen molar-refractivity contribution in [2.24, 2.45) is 7.05 Å². The van der Waals surface area contributed by atoms with Crippen molar-refractivity contribution in [3.63, 3.8) is 0 Å². The molecule has 2 aromatic rings. The normalized spacial score (nSPS) is 17.0. The summed E-state index contributed by atoms with van der Waals surface area (Å²) in [4.78, 5) is 29.6. The summed E-state index contributed by atoms with van der Waals surface area (Å²) in [5.41, 5.74) is 2.95. The topological polar surface area (TPSA) is 73.2 Å². The van der Waals surface area contributed by atoms with Crippen molar-refractivity contribution in [2.45, 2.75) is 63.9 Å². The zero-order valence-corrected chi connectivity index (χ0v) is 16.4. The summed E-state index contributed by atoms with van der Waals surface area (Å²) in [5, 5.41) is 2.96. The summed E-state index contributed by atoms with van der Waals surface area (Å²) in [6.07, 6.45) is 12.8. The number of carbonyl (C=O) groups excluding carboxylic acids is 1. The van der Waals surface area contributed by atoms with Gasteiger partial charge in [0.05, 0.1) is 5.56 Å². The molecule has 0 aliphatic heterocycles. The summed E-state index contributed by atoms with van der Waals surface area (Å²) in [7, 11) is 1.70. The molecule has 2 aliphatic carbocycles. The Morgan fingerprint density at radius 2 is 1.89 bits per heavy atom. The van der Waals surface area contributed by atoms with E-state index in [1.807, 2.05) is 0 Å². The molecule has 0 saturated heterocycles. The van der Waals surface area contributed by atoms with E-state index in [0.29, 0.717) is 17.1 Å². The van der Waals surface area contributed by atoms with Gasteiger partial charge in [-0.2, -0.15) is 0 Å². The molecule has 1 saturated carbocycles. The molecule has 0 radical (unpaired) electrons. The Kier molecular flexibility index (Phi) is 5.46. The van der Waals surface area contributed by atoms with Gasteiger partial charge in [0.25, 0.3) is 11.5 Å². The minimum Gasteiger partial charge on any atom is -0.474 e. The molecular weight excluding hydrogens is 354 g/mol. The maximum absolute atomic E-state index is 13.0. The number of carbonyl (C=O) groups is 1. The maximum Gasteiger partial charge on any atom is 0.257 e. The van der Waals surface area contributed by atoms with Crippen molar-refractivity contribution >= 4 is 11.6 Å². The molecule has 2 aromatic heterocycles. The number of pyridine rings is 2. The van der Waals surface area contributed by atoms with Gasteiger partial charge in [0.15, 0.2) is 0 Å². The van der Waals surface area contributed by atoms with Crippen molar-refractivity contribution in [3.05, 3.63) is 51.6 Å². The van der Waals surface area contributed by atoms with Crippen LogP contribution in [0.2, 0.25) is 0 Å². The fourth-order valence-corrected chi connectivity index (χ4v) is 4.28. The molecule has 1 N–H and O–H groups in total. The van der Waals surface area contributed by atoms with Gasteiger partial charge in [-0.15, -0.1) is 0 Å². The number of nitrogens with one attached hydrogen (secondary N) is 1. The number of hydrogen-bond acceptors (Lipinski definition) is 4. The second kappa shape index (κ2) is 8.17. The van der Waals surface area contributed by atoms with Crippen molar-refractivity contribution in [2.75, 3.05) is 5.32 Å². The fourth-order valence-electron chi connectivity index (χ4n) is 4.28. The van der Waals surface area contributed by atoms with E-state index in [1.54, 1.807) is 31.6 Å². The van der Waals surface area contributed by atoms with E-state index in [0.717, 1.165) is 49.7 Å². The maximum atomic E-state index is 13.0. The third kappa shape index (κ3) is 3.96. The highest BCUT2D eigenvalue weighted by Crippen LogP contribution is 2.25. The van der Waals surface area contributed by atoms with Gasteiger partial charge >= 0.3 is 0 Å². The molecule has 0 unspecified atom stereocenters. The van der Waals surface area contributed by atoms with Gasteiger partial charge in [0.1, 0.15) is 6.10 Å². The molecule has 0 bridgehead atoms. The molecule has 0 spiro atoms. The van der Waals surface area contributed by atoms with Gasteiger partial charge in [-0.25, -0.2) is 4.98 Å². The highest BCUT2D eigenvalue weighted by Gasteiger charge is 2.22. The molecule has 28 heavy (non-hydrogen) atoms. The van der Waals surface area contributed by atoms with E-state index < -0.39 is 0 Å². The Hall–Kier alpha value is -2.63. The number of aryl methyl sites for hydroxylation is 1. The molecule has 1 amide bonds. The number of anilines is 1. The van der Waals surface area contributed by atoms with Crippen LogP contribution in [0, 0.1) is 0 Å². The fraction of sp³-hybridized carbons (Fsp3) is 0.500. The highest BCUT2D eigenvalue weighted by molar-refractivity contribution is 6.05. The van der Waals surface area contributed by atoms with Gasteiger partial charge in [0.2, 0.25) is 5.88 Å². The third-order valence-electron chi connectivity index (χ3n) is 5.77. The predicted molar refractivity (Wildman–Crippen MR) is 108 cm³/mol. The summed E-state index contributed by atoms with van der Waals surface area (Å²) >= 11 is 0. The SMILES string of the molecule is Cn1cc(C(=O)Nc2ccnc(OC3CCCCC3)c2)c2c(c1=O)CCCC2. The van der Waals surface area contributed by atoms with Gasteiger partial charge in [-0.3, -0.25) is 9.59 Å². The first-order chi connectivity index (χ1) is 13.6.